The van der Waals surface area contributed by atoms with Gasteiger partial charge in [-0.3, -0.25) is 10.1 Å². The van der Waals surface area contributed by atoms with Gasteiger partial charge in [-0.1, -0.05) is 41.4 Å². The van der Waals surface area contributed by atoms with E-state index in [9.17, 15) is 10.1 Å². The third-order valence-electron chi connectivity index (χ3n) is 4.11. The smallest absolute Gasteiger partial charge is 0.230 e. The Kier molecular flexibility index (Phi) is 5.93. The first-order chi connectivity index (χ1) is 12.9. The number of halogens is 2. The Balaban J connectivity index is 1.81. The Morgan fingerprint density at radius 1 is 1.33 bits per heavy atom. The van der Waals surface area contributed by atoms with Crippen molar-refractivity contribution in [1.82, 2.24) is 9.97 Å². The number of aromatic nitrogens is 2. The Bertz CT molecular complexity index is 916. The van der Waals surface area contributed by atoms with Crippen LogP contribution in [0.5, 0.6) is 0 Å². The highest BCUT2D eigenvalue weighted by Gasteiger charge is 2.20. The van der Waals surface area contributed by atoms with Gasteiger partial charge >= 0.3 is 0 Å². The molecule has 27 heavy (non-hydrogen) atoms. The van der Waals surface area contributed by atoms with Crippen molar-refractivity contribution in [3.05, 3.63) is 74.4 Å². The molecule has 1 N–H and O–H groups in total. The molecule has 0 aliphatic heterocycles. The molecule has 1 aliphatic carbocycles. The topological polar surface area (TPSA) is 84.2 Å². The number of allylic oxidation sites excluding steroid dienone is 2. The van der Waals surface area contributed by atoms with E-state index >= 15 is 0 Å². The summed E-state index contributed by atoms with van der Waals surface area (Å²) < 4.78 is 0. The number of anilines is 3. The van der Waals surface area contributed by atoms with E-state index in [1.807, 2.05) is 18.0 Å². The Morgan fingerprint density at radius 3 is 2.85 bits per heavy atom. The molecule has 7 nitrogen and oxygen atoms in total. The summed E-state index contributed by atoms with van der Waals surface area (Å²) in [5.41, 5.74) is 1.16. The monoisotopic (exact) mass is 405 g/mol. The van der Waals surface area contributed by atoms with E-state index in [4.69, 9.17) is 23.2 Å². The summed E-state index contributed by atoms with van der Waals surface area (Å²) in [6.45, 7) is -0.279. The molecule has 0 saturated heterocycles. The lowest BCUT2D eigenvalue weighted by molar-refractivity contribution is -0.496. The number of hydrogen-bond donors (Lipinski definition) is 1. The van der Waals surface area contributed by atoms with Crippen molar-refractivity contribution in [2.75, 3.05) is 17.3 Å². The fourth-order valence-corrected chi connectivity index (χ4v) is 3.37. The molecule has 0 amide bonds. The molecule has 3 rings (SSSR count). The zero-order valence-corrected chi connectivity index (χ0v) is 16.0. The van der Waals surface area contributed by atoms with Crippen LogP contribution >= 0.6 is 23.2 Å². The maximum atomic E-state index is 10.9. The molecule has 0 spiro atoms. The zero-order chi connectivity index (χ0) is 19.4. The summed E-state index contributed by atoms with van der Waals surface area (Å²) >= 11 is 12.3. The first kappa shape index (κ1) is 19.1. The number of para-hydroxylation sites is 1. The van der Waals surface area contributed by atoms with E-state index in [2.05, 4.69) is 15.3 Å². The van der Waals surface area contributed by atoms with Gasteiger partial charge in [-0.25, -0.2) is 4.98 Å². The Labute approximate surface area is 166 Å². The van der Waals surface area contributed by atoms with E-state index in [1.165, 1.54) is 0 Å². The first-order valence-electron chi connectivity index (χ1n) is 8.18. The van der Waals surface area contributed by atoms with Crippen molar-refractivity contribution in [2.24, 2.45) is 0 Å². The second kappa shape index (κ2) is 8.37. The molecule has 0 fully saturated rings. The highest BCUT2D eigenvalue weighted by atomic mass is 35.5. The summed E-state index contributed by atoms with van der Waals surface area (Å²) in [5.74, 6) is 1.03. The van der Waals surface area contributed by atoms with Crippen LogP contribution in [0.1, 0.15) is 12.0 Å². The van der Waals surface area contributed by atoms with Crippen LogP contribution in [0, 0.1) is 10.1 Å². The summed E-state index contributed by atoms with van der Waals surface area (Å²) in [6.07, 6.45) is 5.90. The van der Waals surface area contributed by atoms with Crippen LogP contribution in [0.2, 0.25) is 0 Å². The molecule has 0 bridgehead atoms. The first-order valence-corrected chi connectivity index (χ1v) is 8.94. The lowest BCUT2D eigenvalue weighted by Gasteiger charge is -2.28. The fourth-order valence-electron chi connectivity index (χ4n) is 2.76. The largest absolute Gasteiger partial charge is 0.353 e. The third kappa shape index (κ3) is 4.96. The Morgan fingerprint density at radius 2 is 2.11 bits per heavy atom. The molecule has 1 atom stereocenters. The summed E-state index contributed by atoms with van der Waals surface area (Å²) in [6, 6.07) is 8.76. The zero-order valence-electron chi connectivity index (χ0n) is 14.5. The number of nitro groups is 1. The van der Waals surface area contributed by atoms with Crippen LogP contribution in [0.3, 0.4) is 0 Å². The van der Waals surface area contributed by atoms with Crippen molar-refractivity contribution >= 4 is 40.7 Å². The van der Waals surface area contributed by atoms with Crippen LogP contribution in [0.4, 0.5) is 17.5 Å². The molecule has 2 aromatic rings. The van der Waals surface area contributed by atoms with Crippen LogP contribution in [-0.4, -0.2) is 28.0 Å². The number of hydrogen-bond acceptors (Lipinski definition) is 6. The summed E-state index contributed by atoms with van der Waals surface area (Å²) in [4.78, 5) is 21.2. The lowest BCUT2D eigenvalue weighted by Crippen LogP contribution is -2.32. The van der Waals surface area contributed by atoms with Gasteiger partial charge in [0.15, 0.2) is 0 Å². The minimum Gasteiger partial charge on any atom is -0.353 e. The van der Waals surface area contributed by atoms with Gasteiger partial charge in [-0.05, 0) is 24.3 Å². The summed E-state index contributed by atoms with van der Waals surface area (Å²) in [7, 11) is 1.90. The normalized spacial score (nSPS) is 16.3. The minimum absolute atomic E-state index is 0.0282. The SMILES string of the molecule is CN(c1ccnc(Nc2ccccc2C[N+](=O)[O-])n1)C1C=C(Cl)C=C(Cl)C1. The number of nitrogens with one attached hydrogen (secondary N) is 1. The highest BCUT2D eigenvalue weighted by molar-refractivity contribution is 6.35. The van der Waals surface area contributed by atoms with Gasteiger partial charge in [-0.2, -0.15) is 4.98 Å². The molecule has 0 radical (unpaired) electrons. The maximum absolute atomic E-state index is 10.9. The van der Waals surface area contributed by atoms with Crippen LogP contribution in [-0.2, 0) is 6.54 Å². The molecule has 1 heterocycles. The van der Waals surface area contributed by atoms with Crippen molar-refractivity contribution in [3.63, 3.8) is 0 Å². The van der Waals surface area contributed by atoms with Gasteiger partial charge < -0.3 is 10.2 Å². The van der Waals surface area contributed by atoms with Gasteiger partial charge in [0, 0.05) is 40.2 Å². The molecular formula is C18H17Cl2N5O2. The predicted molar refractivity (Wildman–Crippen MR) is 107 cm³/mol. The van der Waals surface area contributed by atoms with E-state index in [0.29, 0.717) is 39.5 Å². The Hall–Kier alpha value is -2.64. The van der Waals surface area contributed by atoms with Gasteiger partial charge in [0.25, 0.3) is 0 Å². The van der Waals surface area contributed by atoms with E-state index in [0.717, 1.165) is 0 Å². The van der Waals surface area contributed by atoms with Gasteiger partial charge in [0.1, 0.15) is 5.82 Å². The average molecular weight is 406 g/mol. The van der Waals surface area contributed by atoms with Crippen molar-refractivity contribution in [3.8, 4) is 0 Å². The highest BCUT2D eigenvalue weighted by Crippen LogP contribution is 2.28. The van der Waals surface area contributed by atoms with Gasteiger partial charge in [0.2, 0.25) is 12.5 Å². The van der Waals surface area contributed by atoms with Crippen LogP contribution < -0.4 is 10.2 Å². The number of nitrogens with zero attached hydrogens (tertiary/aromatic N) is 4. The second-order valence-corrected chi connectivity index (χ2v) is 6.96. The molecule has 0 saturated carbocycles. The van der Waals surface area contributed by atoms with Gasteiger partial charge in [-0.15, -0.1) is 0 Å². The van der Waals surface area contributed by atoms with Crippen LogP contribution in [0.15, 0.2) is 58.7 Å². The number of benzene rings is 1. The van der Waals surface area contributed by atoms with Crippen molar-refractivity contribution < 1.29 is 4.92 Å². The molecule has 9 heteroatoms. The number of rotatable bonds is 6. The summed E-state index contributed by atoms with van der Waals surface area (Å²) in [5, 5.41) is 15.2. The standard InChI is InChI=1S/C18H17Cl2N5O2/c1-24(15-9-13(19)8-14(20)10-15)17-6-7-21-18(23-17)22-16-5-3-2-4-12(16)11-25(26)27/h2-9,15H,10-11H2,1H3,(H,21,22,23). The molecule has 140 valence electrons. The number of likely N-dealkylation sites (N-methyl/N-ethyl adjacent to an activating group) is 1. The second-order valence-electron chi connectivity index (χ2n) is 6.04. The van der Waals surface area contributed by atoms with Crippen molar-refractivity contribution in [2.45, 2.75) is 19.0 Å². The van der Waals surface area contributed by atoms with Gasteiger partial charge in [0.05, 0.1) is 11.7 Å². The van der Waals surface area contributed by atoms with Crippen molar-refractivity contribution in [1.29, 1.82) is 0 Å². The molecule has 1 aromatic carbocycles. The quantitative estimate of drug-likeness (QED) is 0.564. The van der Waals surface area contributed by atoms with Crippen LogP contribution in [0.25, 0.3) is 0 Å². The molecule has 1 aromatic heterocycles. The predicted octanol–water partition coefficient (Wildman–Crippen LogP) is 4.45. The maximum Gasteiger partial charge on any atom is 0.230 e. The van der Waals surface area contributed by atoms with E-state index < -0.39 is 0 Å². The molecule has 1 aliphatic rings. The fraction of sp³-hybridized carbons (Fsp3) is 0.222. The third-order valence-corrected chi connectivity index (χ3v) is 4.61. The minimum atomic E-state index is -0.373. The average Bonchev–Trinajstić information content (AvgIpc) is 2.62. The molecule has 1 unspecified atom stereocenters. The van der Waals surface area contributed by atoms with E-state index in [-0.39, 0.29) is 17.5 Å². The molecular weight excluding hydrogens is 389 g/mol. The lowest BCUT2D eigenvalue weighted by atomic mass is 10.1. The van der Waals surface area contributed by atoms with E-state index in [1.54, 1.807) is 42.6 Å².